The van der Waals surface area contributed by atoms with Crippen molar-refractivity contribution >= 4 is 50.3 Å². The van der Waals surface area contributed by atoms with Gasteiger partial charge in [0.2, 0.25) is 0 Å². The molecule has 0 radical (unpaired) electrons. The first kappa shape index (κ1) is 33.2. The fourth-order valence-corrected chi connectivity index (χ4v) is 8.02. The van der Waals surface area contributed by atoms with Crippen LogP contribution in [0.1, 0.15) is 61.8 Å². The first-order valence-electron chi connectivity index (χ1n) is 18.4. The van der Waals surface area contributed by atoms with Gasteiger partial charge in [-0.2, -0.15) is 0 Å². The monoisotopic (exact) mass is 672 g/mol. The number of allylic oxidation sites excluding steroid dienone is 14. The van der Waals surface area contributed by atoms with Gasteiger partial charge in [-0.1, -0.05) is 155 Å². The van der Waals surface area contributed by atoms with E-state index in [1.807, 2.05) is 6.07 Å². The molecule has 0 bridgehead atoms. The summed E-state index contributed by atoms with van der Waals surface area (Å²) >= 11 is 0. The normalized spacial score (nSPS) is 18.2. The van der Waals surface area contributed by atoms with Crippen LogP contribution in [0.3, 0.4) is 0 Å². The molecule has 5 aromatic rings. The number of hydrogen-bond acceptors (Lipinski definition) is 1. The standard InChI is InChI=1S/C51H44O/c1-34(37-19-9-8-10-20-37)29-30-35(2)39-22-11-6-7-12-23-40(42-25-15-14-24-41(39)42)36(3)44-32-46-43-26-16-18-28-49(43)52-50(46)33-45(44)48-31-38-21-13-17-27-47(38)51(48,4)5/h8-9,11-19,21-33H,1-3,6-7,10,20H2,4-5H3/b22-11?,23-12+,30-29-,41-39?,42-40+. The van der Waals surface area contributed by atoms with Crippen LogP contribution < -0.4 is 10.4 Å². The minimum atomic E-state index is -0.205. The van der Waals surface area contributed by atoms with E-state index in [-0.39, 0.29) is 5.41 Å². The lowest BCUT2D eigenvalue weighted by atomic mass is 9.76. The Hall–Kier alpha value is -5.92. The second kappa shape index (κ2) is 13.7. The molecule has 0 N–H and O–H groups in total. The van der Waals surface area contributed by atoms with Crippen LogP contribution in [-0.2, 0) is 5.41 Å². The highest BCUT2D eigenvalue weighted by Crippen LogP contribution is 2.49. The van der Waals surface area contributed by atoms with Crippen LogP contribution >= 0.6 is 0 Å². The SMILES string of the molecule is C=C(/C=C\C(=C)C1=c2cccc/c2=C(C(=C)c2cc3c(cc2C2=Cc4ccccc4C2(C)C)oc2ccccc23)/C=C/CCC=C1)C1=CC=CCC1. The lowest BCUT2D eigenvalue weighted by molar-refractivity contribution is 0.668. The van der Waals surface area contributed by atoms with Crippen LogP contribution in [0.5, 0.6) is 0 Å². The van der Waals surface area contributed by atoms with Crippen LogP contribution in [0, 0.1) is 0 Å². The maximum Gasteiger partial charge on any atom is 0.136 e. The largest absolute Gasteiger partial charge is 0.456 e. The summed E-state index contributed by atoms with van der Waals surface area (Å²) in [6, 6.07) is 30.3. The summed E-state index contributed by atoms with van der Waals surface area (Å²) in [5.74, 6) is 0. The molecular weight excluding hydrogens is 629 g/mol. The second-order valence-electron chi connectivity index (χ2n) is 14.5. The van der Waals surface area contributed by atoms with Crippen molar-refractivity contribution in [1.29, 1.82) is 0 Å². The minimum Gasteiger partial charge on any atom is -0.456 e. The Morgan fingerprint density at radius 2 is 1.38 bits per heavy atom. The van der Waals surface area contributed by atoms with Crippen molar-refractivity contribution < 1.29 is 4.42 Å². The van der Waals surface area contributed by atoms with Crippen molar-refractivity contribution in [3.05, 3.63) is 209 Å². The van der Waals surface area contributed by atoms with Crippen LogP contribution in [0.25, 0.3) is 50.3 Å². The lowest BCUT2D eigenvalue weighted by Gasteiger charge is -2.27. The molecule has 3 aliphatic carbocycles. The molecule has 1 heterocycles. The Kier molecular flexibility index (Phi) is 8.73. The molecular formula is C51H44O. The average molecular weight is 673 g/mol. The summed E-state index contributed by atoms with van der Waals surface area (Å²) in [5, 5.41) is 4.47. The smallest absolute Gasteiger partial charge is 0.136 e. The molecule has 52 heavy (non-hydrogen) atoms. The number of fused-ring (bicyclic) bond motifs is 5. The summed E-state index contributed by atoms with van der Waals surface area (Å²) in [7, 11) is 0. The van der Waals surface area contributed by atoms with E-state index in [4.69, 9.17) is 11.0 Å². The van der Waals surface area contributed by atoms with E-state index in [2.05, 4.69) is 167 Å². The zero-order valence-corrected chi connectivity index (χ0v) is 30.2. The van der Waals surface area contributed by atoms with Crippen LogP contribution in [0.15, 0.2) is 180 Å². The second-order valence-corrected chi connectivity index (χ2v) is 14.5. The highest BCUT2D eigenvalue weighted by molar-refractivity contribution is 6.12. The van der Waals surface area contributed by atoms with Gasteiger partial charge in [0.05, 0.1) is 0 Å². The highest BCUT2D eigenvalue weighted by atomic mass is 16.3. The third-order valence-corrected chi connectivity index (χ3v) is 10.9. The number of furan rings is 1. The van der Waals surface area contributed by atoms with Gasteiger partial charge in [0, 0.05) is 16.2 Å². The minimum absolute atomic E-state index is 0.205. The zero-order valence-electron chi connectivity index (χ0n) is 30.2. The lowest BCUT2D eigenvalue weighted by Crippen LogP contribution is -2.29. The van der Waals surface area contributed by atoms with Crippen molar-refractivity contribution in [3.63, 3.8) is 0 Å². The summed E-state index contributed by atoms with van der Waals surface area (Å²) in [5.41, 5.74) is 14.1. The van der Waals surface area contributed by atoms with Gasteiger partial charge in [-0.3, -0.25) is 0 Å². The highest BCUT2D eigenvalue weighted by Gasteiger charge is 2.35. The van der Waals surface area contributed by atoms with Crippen molar-refractivity contribution in [1.82, 2.24) is 0 Å². The molecule has 8 rings (SSSR count). The van der Waals surface area contributed by atoms with Crippen molar-refractivity contribution in [2.45, 2.75) is 44.9 Å². The molecule has 0 amide bonds. The third kappa shape index (κ3) is 5.97. The van der Waals surface area contributed by atoms with Gasteiger partial charge in [0.1, 0.15) is 11.2 Å². The molecule has 0 spiro atoms. The summed E-state index contributed by atoms with van der Waals surface area (Å²) in [6.45, 7) is 18.5. The van der Waals surface area contributed by atoms with Gasteiger partial charge in [0.25, 0.3) is 0 Å². The van der Waals surface area contributed by atoms with Gasteiger partial charge in [-0.25, -0.2) is 0 Å². The summed E-state index contributed by atoms with van der Waals surface area (Å²) in [4.78, 5) is 0. The molecule has 0 saturated heterocycles. The number of benzene rings is 4. The van der Waals surface area contributed by atoms with Crippen molar-refractivity contribution in [2.24, 2.45) is 0 Å². The number of rotatable bonds is 7. The van der Waals surface area contributed by atoms with Gasteiger partial charge in [-0.05, 0) is 122 Å². The molecule has 0 unspecified atom stereocenters. The maximum absolute atomic E-state index is 6.50. The molecule has 4 aromatic carbocycles. The van der Waals surface area contributed by atoms with E-state index in [1.165, 1.54) is 22.3 Å². The van der Waals surface area contributed by atoms with Gasteiger partial charge < -0.3 is 4.42 Å². The van der Waals surface area contributed by atoms with Crippen LogP contribution in [-0.4, -0.2) is 0 Å². The molecule has 1 nitrogen and oxygen atoms in total. The molecule has 0 fully saturated rings. The van der Waals surface area contributed by atoms with Crippen LogP contribution in [0.4, 0.5) is 0 Å². The Labute approximate surface area is 307 Å². The molecule has 1 heteroatoms. The number of para-hydroxylation sites is 1. The van der Waals surface area contributed by atoms with Crippen molar-refractivity contribution in [2.75, 3.05) is 0 Å². The average Bonchev–Trinajstić information content (AvgIpc) is 3.67. The predicted octanol–water partition coefficient (Wildman–Crippen LogP) is 12.3. The predicted molar refractivity (Wildman–Crippen MR) is 224 cm³/mol. The van der Waals surface area contributed by atoms with E-state index < -0.39 is 0 Å². The molecule has 0 saturated carbocycles. The molecule has 3 aliphatic rings. The Bertz CT molecular complexity index is 2630. The fraction of sp³-hybridized carbons (Fsp3) is 0.137. The Balaban J connectivity index is 1.35. The fourth-order valence-electron chi connectivity index (χ4n) is 8.02. The van der Waals surface area contributed by atoms with E-state index >= 15 is 0 Å². The molecule has 0 aliphatic heterocycles. The Morgan fingerprint density at radius 1 is 0.692 bits per heavy atom. The van der Waals surface area contributed by atoms with Gasteiger partial charge in [-0.15, -0.1) is 0 Å². The zero-order chi connectivity index (χ0) is 35.8. The summed E-state index contributed by atoms with van der Waals surface area (Å²) in [6.07, 6.45) is 26.1. The maximum atomic E-state index is 6.50. The topological polar surface area (TPSA) is 13.1 Å². The quantitative estimate of drug-likeness (QED) is 0.157. The molecule has 254 valence electrons. The number of hydrogen-bond donors (Lipinski definition) is 0. The van der Waals surface area contributed by atoms with Gasteiger partial charge >= 0.3 is 0 Å². The third-order valence-electron chi connectivity index (χ3n) is 10.9. The van der Waals surface area contributed by atoms with E-state index in [9.17, 15) is 0 Å². The first-order chi connectivity index (χ1) is 25.3. The van der Waals surface area contributed by atoms with E-state index in [0.717, 1.165) is 97.1 Å². The first-order valence-corrected chi connectivity index (χ1v) is 18.4. The summed E-state index contributed by atoms with van der Waals surface area (Å²) < 4.78 is 6.50. The molecule has 0 atom stereocenters. The van der Waals surface area contributed by atoms with Crippen LogP contribution in [0.2, 0.25) is 0 Å². The van der Waals surface area contributed by atoms with E-state index in [1.54, 1.807) is 0 Å². The Morgan fingerprint density at radius 3 is 2.15 bits per heavy atom. The van der Waals surface area contributed by atoms with E-state index in [0.29, 0.717) is 0 Å². The molecule has 1 aromatic heterocycles. The van der Waals surface area contributed by atoms with Gasteiger partial charge in [0.15, 0.2) is 0 Å². The van der Waals surface area contributed by atoms with Crippen molar-refractivity contribution in [3.8, 4) is 0 Å².